The first kappa shape index (κ1) is 35.8. The first-order chi connectivity index (χ1) is 24.2. The van der Waals surface area contributed by atoms with E-state index in [1.165, 1.54) is 0 Å². The molecule has 0 aromatic carbocycles. The van der Waals surface area contributed by atoms with Crippen molar-refractivity contribution in [2.24, 2.45) is 11.8 Å². The molecule has 13 heteroatoms. The standard InChI is InChI=1S/C37H57N7O5S/c1-24-31-20-33(45)42-16-8-26(17-34(46)43-11-4-5-30(43)23-49-3)27(21-42)18-35(47)44-22-29(38-28-9-12-40(2)13-10-28)19-32(44)37(48)41-14-6-25(7-15-41)36(39-31)50-24/h25-30,32,38H,4-23H2,1-3H3/t26-,27-,29-,30+,32-/m0/s1. The van der Waals surface area contributed by atoms with E-state index >= 15 is 0 Å². The molecule has 5 saturated heterocycles. The second-order valence-electron chi connectivity index (χ2n) is 16.0. The normalized spacial score (nSPS) is 31.9. The van der Waals surface area contributed by atoms with Crippen LogP contribution in [0.2, 0.25) is 0 Å². The highest BCUT2D eigenvalue weighted by molar-refractivity contribution is 7.11. The summed E-state index contributed by atoms with van der Waals surface area (Å²) in [5, 5.41) is 4.92. The van der Waals surface area contributed by atoms with Crippen LogP contribution in [-0.4, -0.2) is 150 Å². The number of methoxy groups -OCH3 is 1. The van der Waals surface area contributed by atoms with Crippen LogP contribution in [0.5, 0.6) is 0 Å². The Morgan fingerprint density at radius 3 is 2.44 bits per heavy atom. The molecular formula is C37H57N7O5S. The lowest BCUT2D eigenvalue weighted by molar-refractivity contribution is -0.146. The molecule has 12 nitrogen and oxygen atoms in total. The number of nitrogens with zero attached hydrogens (tertiary/aromatic N) is 6. The highest BCUT2D eigenvalue weighted by Gasteiger charge is 2.45. The monoisotopic (exact) mass is 711 g/mol. The van der Waals surface area contributed by atoms with Crippen molar-refractivity contribution in [3.63, 3.8) is 0 Å². The molecule has 276 valence electrons. The average molecular weight is 712 g/mol. The predicted molar refractivity (Wildman–Crippen MR) is 191 cm³/mol. The van der Waals surface area contributed by atoms with Gasteiger partial charge in [-0.2, -0.15) is 0 Å². The fourth-order valence-corrected chi connectivity index (χ4v) is 10.7. The van der Waals surface area contributed by atoms with E-state index in [-0.39, 0.29) is 66.3 Å². The van der Waals surface area contributed by atoms with Gasteiger partial charge in [0.1, 0.15) is 6.04 Å². The van der Waals surface area contributed by atoms with E-state index in [9.17, 15) is 19.2 Å². The van der Waals surface area contributed by atoms with Crippen molar-refractivity contribution in [3.8, 4) is 0 Å². The number of fused-ring (bicyclic) bond motifs is 4. The molecule has 0 unspecified atom stereocenters. The van der Waals surface area contributed by atoms with Gasteiger partial charge in [0.2, 0.25) is 23.6 Å². The van der Waals surface area contributed by atoms with Gasteiger partial charge >= 0.3 is 0 Å². The number of carbonyl (C=O) groups excluding carboxylic acids is 4. The van der Waals surface area contributed by atoms with Crippen LogP contribution in [0.15, 0.2) is 0 Å². The van der Waals surface area contributed by atoms with Gasteiger partial charge in [0.15, 0.2) is 0 Å². The van der Waals surface area contributed by atoms with E-state index in [0.29, 0.717) is 64.6 Å². The minimum Gasteiger partial charge on any atom is -0.383 e. The molecular weight excluding hydrogens is 655 g/mol. The van der Waals surface area contributed by atoms with Crippen LogP contribution >= 0.6 is 11.3 Å². The topological polar surface area (TPSA) is 119 Å². The van der Waals surface area contributed by atoms with Gasteiger partial charge in [-0.25, -0.2) is 4.98 Å². The zero-order chi connectivity index (χ0) is 34.9. The summed E-state index contributed by atoms with van der Waals surface area (Å²) in [6.07, 6.45) is 7.90. The van der Waals surface area contributed by atoms with E-state index < -0.39 is 6.04 Å². The largest absolute Gasteiger partial charge is 0.383 e. The fraction of sp³-hybridized carbons (Fsp3) is 0.811. The Morgan fingerprint density at radius 1 is 0.920 bits per heavy atom. The Kier molecular flexibility index (Phi) is 11.1. The molecule has 0 aliphatic carbocycles. The van der Waals surface area contributed by atoms with Crippen LogP contribution in [0, 0.1) is 18.8 Å². The zero-order valence-electron chi connectivity index (χ0n) is 30.3. The molecule has 6 bridgehead atoms. The molecule has 7 aliphatic rings. The van der Waals surface area contributed by atoms with Crippen molar-refractivity contribution >= 4 is 35.0 Å². The number of ether oxygens (including phenoxy) is 1. The maximum absolute atomic E-state index is 14.5. The van der Waals surface area contributed by atoms with Gasteiger partial charge in [-0.05, 0) is 90.3 Å². The first-order valence-electron chi connectivity index (χ1n) is 19.2. The molecule has 8 rings (SSSR count). The number of likely N-dealkylation sites (tertiary alicyclic amines) is 2. The number of nitrogens with one attached hydrogen (secondary N) is 1. The second-order valence-corrected chi connectivity index (χ2v) is 17.2. The summed E-state index contributed by atoms with van der Waals surface area (Å²) >= 11 is 1.70. The molecule has 1 aromatic rings. The first-order valence-corrected chi connectivity index (χ1v) is 20.0. The van der Waals surface area contributed by atoms with Crippen molar-refractivity contribution in [1.29, 1.82) is 0 Å². The Morgan fingerprint density at radius 2 is 1.68 bits per heavy atom. The predicted octanol–water partition coefficient (Wildman–Crippen LogP) is 2.25. The van der Waals surface area contributed by atoms with Crippen molar-refractivity contribution in [1.82, 2.24) is 34.8 Å². The smallest absolute Gasteiger partial charge is 0.245 e. The summed E-state index contributed by atoms with van der Waals surface area (Å²) in [7, 11) is 3.84. The van der Waals surface area contributed by atoms with Crippen LogP contribution in [0.25, 0.3) is 0 Å². The molecule has 0 saturated carbocycles. The summed E-state index contributed by atoms with van der Waals surface area (Å²) in [6, 6.07) is 0.0540. The minimum absolute atomic E-state index is 0.0155. The van der Waals surface area contributed by atoms with E-state index in [1.807, 2.05) is 19.6 Å². The van der Waals surface area contributed by atoms with Crippen LogP contribution in [0.1, 0.15) is 85.7 Å². The third kappa shape index (κ3) is 7.76. The lowest BCUT2D eigenvalue weighted by Gasteiger charge is -2.40. The van der Waals surface area contributed by atoms with Crippen molar-refractivity contribution in [2.45, 2.75) is 108 Å². The van der Waals surface area contributed by atoms with Gasteiger partial charge in [-0.3, -0.25) is 19.2 Å². The molecule has 0 spiro atoms. The van der Waals surface area contributed by atoms with Gasteiger partial charge < -0.3 is 34.6 Å². The third-order valence-corrected chi connectivity index (χ3v) is 13.8. The maximum Gasteiger partial charge on any atom is 0.245 e. The Hall–Kier alpha value is -2.61. The van der Waals surface area contributed by atoms with Gasteiger partial charge in [0.25, 0.3) is 0 Å². The minimum atomic E-state index is -0.493. The quantitative estimate of drug-likeness (QED) is 0.478. The highest BCUT2D eigenvalue weighted by atomic mass is 32.1. The van der Waals surface area contributed by atoms with E-state index in [1.54, 1.807) is 18.4 Å². The van der Waals surface area contributed by atoms with Crippen LogP contribution in [0.4, 0.5) is 0 Å². The third-order valence-electron chi connectivity index (χ3n) is 12.7. The number of amides is 4. The van der Waals surface area contributed by atoms with Crippen LogP contribution in [-0.2, 0) is 30.3 Å². The molecule has 8 heterocycles. The number of thiazole rings is 1. The lowest BCUT2D eigenvalue weighted by Crippen LogP contribution is -2.51. The Bertz CT molecular complexity index is 1410. The highest BCUT2D eigenvalue weighted by Crippen LogP contribution is 2.36. The molecule has 7 aliphatic heterocycles. The Labute approximate surface area is 301 Å². The molecule has 0 radical (unpaired) electrons. The zero-order valence-corrected chi connectivity index (χ0v) is 31.1. The van der Waals surface area contributed by atoms with Crippen LogP contribution < -0.4 is 5.32 Å². The van der Waals surface area contributed by atoms with Crippen LogP contribution in [0.3, 0.4) is 0 Å². The number of aromatic nitrogens is 1. The van der Waals surface area contributed by atoms with Gasteiger partial charge in [0.05, 0.1) is 29.8 Å². The molecule has 50 heavy (non-hydrogen) atoms. The Balaban J connectivity index is 1.14. The summed E-state index contributed by atoms with van der Waals surface area (Å²) in [4.78, 5) is 72.6. The molecule has 1 N–H and O–H groups in total. The number of hydrogen-bond donors (Lipinski definition) is 1. The maximum atomic E-state index is 14.5. The van der Waals surface area contributed by atoms with E-state index in [0.717, 1.165) is 73.7 Å². The SMILES string of the molecule is COC[C@H]1CCCN1C(=O)C[C@@H]1CCN2C[C@@H]1CC(=O)N1C[C@@H](NC3CCN(C)CC3)C[C@H]1C(=O)N1CCC(CC1)c1nc(c(C)s1)CC2=O. The summed E-state index contributed by atoms with van der Waals surface area (Å²) in [6.45, 7) is 8.27. The average Bonchev–Trinajstić information content (AvgIpc) is 3.85. The molecule has 5 atom stereocenters. The fourth-order valence-electron chi connectivity index (χ4n) is 9.60. The number of carbonyl (C=O) groups is 4. The number of piperidine rings is 3. The lowest BCUT2D eigenvalue weighted by atomic mass is 9.80. The molecule has 5 fully saturated rings. The summed E-state index contributed by atoms with van der Waals surface area (Å²) in [5.41, 5.74) is 0.852. The second kappa shape index (κ2) is 15.6. The molecule has 4 amide bonds. The van der Waals surface area contributed by atoms with E-state index in [2.05, 4.69) is 24.2 Å². The van der Waals surface area contributed by atoms with Gasteiger partial charge in [-0.15, -0.1) is 11.3 Å². The number of aryl methyl sites for hydroxylation is 1. The van der Waals surface area contributed by atoms with Gasteiger partial charge in [-0.1, -0.05) is 0 Å². The summed E-state index contributed by atoms with van der Waals surface area (Å²) < 4.78 is 5.43. The number of hydrogen-bond acceptors (Lipinski definition) is 9. The van der Waals surface area contributed by atoms with Crippen molar-refractivity contribution < 1.29 is 23.9 Å². The van der Waals surface area contributed by atoms with E-state index in [4.69, 9.17) is 9.72 Å². The molecule has 1 aromatic heterocycles. The summed E-state index contributed by atoms with van der Waals surface area (Å²) in [5.74, 6) is 0.305. The number of rotatable bonds is 6. The van der Waals surface area contributed by atoms with Crippen molar-refractivity contribution in [3.05, 3.63) is 15.6 Å². The van der Waals surface area contributed by atoms with Gasteiger partial charge in [0, 0.05) is 82.1 Å². The van der Waals surface area contributed by atoms with Crippen molar-refractivity contribution in [2.75, 3.05) is 73.1 Å².